The summed E-state index contributed by atoms with van der Waals surface area (Å²) in [7, 11) is 0. The van der Waals surface area contributed by atoms with Gasteiger partial charge in [-0.3, -0.25) is 9.59 Å². The van der Waals surface area contributed by atoms with Crippen LogP contribution in [0.4, 0.5) is 0 Å². The molecule has 0 saturated carbocycles. The summed E-state index contributed by atoms with van der Waals surface area (Å²) >= 11 is 1.45. The molecule has 0 aliphatic heterocycles. The van der Waals surface area contributed by atoms with Crippen LogP contribution in [0.25, 0.3) is 0 Å². The van der Waals surface area contributed by atoms with Gasteiger partial charge in [0.25, 0.3) is 0 Å². The van der Waals surface area contributed by atoms with Crippen LogP contribution in [0.3, 0.4) is 0 Å². The van der Waals surface area contributed by atoms with Crippen molar-refractivity contribution in [2.45, 2.75) is 37.6 Å². The van der Waals surface area contributed by atoms with Gasteiger partial charge in [-0.1, -0.05) is 32.9 Å². The van der Waals surface area contributed by atoms with E-state index in [2.05, 4.69) is 43.5 Å². The van der Waals surface area contributed by atoms with E-state index in [1.807, 2.05) is 12.1 Å². The van der Waals surface area contributed by atoms with Crippen molar-refractivity contribution in [1.82, 2.24) is 10.6 Å². The monoisotopic (exact) mass is 360 g/mol. The average Bonchev–Trinajstić information content (AvgIpc) is 3.09. The van der Waals surface area contributed by atoms with Gasteiger partial charge in [-0.05, 0) is 35.2 Å². The quantitative estimate of drug-likeness (QED) is 0.744. The van der Waals surface area contributed by atoms with Crippen LogP contribution in [0.1, 0.15) is 32.1 Å². The summed E-state index contributed by atoms with van der Waals surface area (Å²) in [6, 6.07) is 11.8. The average molecular weight is 360 g/mol. The summed E-state index contributed by atoms with van der Waals surface area (Å²) in [6.07, 6.45) is 1.55. The highest BCUT2D eigenvalue weighted by Crippen LogP contribution is 2.25. The molecule has 0 aliphatic rings. The van der Waals surface area contributed by atoms with Gasteiger partial charge in [-0.2, -0.15) is 0 Å². The summed E-state index contributed by atoms with van der Waals surface area (Å²) < 4.78 is 5.12. The molecule has 2 aromatic rings. The number of benzene rings is 1. The number of hydrogen-bond acceptors (Lipinski definition) is 4. The molecule has 1 aromatic heterocycles. The second-order valence-electron chi connectivity index (χ2n) is 6.70. The first-order valence-corrected chi connectivity index (χ1v) is 9.12. The van der Waals surface area contributed by atoms with Crippen molar-refractivity contribution in [2.24, 2.45) is 0 Å². The lowest BCUT2D eigenvalue weighted by molar-refractivity contribution is -0.124. The maximum Gasteiger partial charge on any atom is 0.239 e. The molecule has 2 amide bonds. The van der Waals surface area contributed by atoms with Crippen molar-refractivity contribution in [3.05, 3.63) is 54.0 Å². The van der Waals surface area contributed by atoms with Crippen LogP contribution in [-0.2, 0) is 21.5 Å². The standard InChI is InChI=1S/C19H24N2O3S/c1-19(2,3)14-6-8-16(9-7-14)25-13-18(23)21-12-17(22)20-11-15-5-4-10-24-15/h4-10H,11-13H2,1-3H3,(H,20,22)(H,21,23). The molecule has 0 atom stereocenters. The van der Waals surface area contributed by atoms with E-state index >= 15 is 0 Å². The van der Waals surface area contributed by atoms with Crippen molar-refractivity contribution < 1.29 is 14.0 Å². The molecule has 0 spiro atoms. The van der Waals surface area contributed by atoms with Crippen molar-refractivity contribution in [3.63, 3.8) is 0 Å². The molecule has 2 rings (SSSR count). The molecule has 0 saturated heterocycles. The third kappa shape index (κ3) is 6.66. The van der Waals surface area contributed by atoms with Gasteiger partial charge >= 0.3 is 0 Å². The molecule has 25 heavy (non-hydrogen) atoms. The zero-order valence-electron chi connectivity index (χ0n) is 14.8. The molecule has 6 heteroatoms. The molecule has 134 valence electrons. The zero-order chi connectivity index (χ0) is 18.3. The van der Waals surface area contributed by atoms with E-state index < -0.39 is 0 Å². The number of thioether (sulfide) groups is 1. The Balaban J connectivity index is 1.67. The SMILES string of the molecule is CC(C)(C)c1ccc(SCC(=O)NCC(=O)NCc2ccco2)cc1. The van der Waals surface area contributed by atoms with Gasteiger partial charge in [0.15, 0.2) is 0 Å². The second kappa shape index (κ2) is 8.76. The predicted molar refractivity (Wildman–Crippen MR) is 99.4 cm³/mol. The van der Waals surface area contributed by atoms with Crippen LogP contribution in [-0.4, -0.2) is 24.1 Å². The first kappa shape index (κ1) is 19.1. The number of amides is 2. The molecule has 0 aliphatic carbocycles. The Kier molecular flexibility index (Phi) is 6.70. The summed E-state index contributed by atoms with van der Waals surface area (Å²) in [5.41, 5.74) is 1.37. The Morgan fingerprint density at radius 3 is 2.36 bits per heavy atom. The Hall–Kier alpha value is -2.21. The minimum absolute atomic E-state index is 0.0386. The van der Waals surface area contributed by atoms with E-state index in [0.29, 0.717) is 12.3 Å². The number of nitrogens with one attached hydrogen (secondary N) is 2. The highest BCUT2D eigenvalue weighted by atomic mass is 32.2. The predicted octanol–water partition coefficient (Wildman–Crippen LogP) is 3.10. The van der Waals surface area contributed by atoms with Crippen LogP contribution in [0.5, 0.6) is 0 Å². The van der Waals surface area contributed by atoms with E-state index in [4.69, 9.17) is 4.42 Å². The summed E-state index contributed by atoms with van der Waals surface area (Å²) in [5, 5.41) is 5.30. The number of hydrogen-bond donors (Lipinski definition) is 2. The second-order valence-corrected chi connectivity index (χ2v) is 7.74. The lowest BCUT2D eigenvalue weighted by Crippen LogP contribution is -2.37. The minimum Gasteiger partial charge on any atom is -0.467 e. The molecule has 0 radical (unpaired) electrons. The van der Waals surface area contributed by atoms with Gasteiger partial charge in [0.05, 0.1) is 25.1 Å². The first-order chi connectivity index (χ1) is 11.8. The van der Waals surface area contributed by atoms with E-state index in [9.17, 15) is 9.59 Å². The van der Waals surface area contributed by atoms with Crippen LogP contribution >= 0.6 is 11.8 Å². The van der Waals surface area contributed by atoms with Crippen LogP contribution in [0, 0.1) is 0 Å². The Morgan fingerprint density at radius 1 is 1.04 bits per heavy atom. The normalized spacial score (nSPS) is 11.2. The van der Waals surface area contributed by atoms with E-state index in [0.717, 1.165) is 4.90 Å². The van der Waals surface area contributed by atoms with E-state index in [1.165, 1.54) is 17.3 Å². The van der Waals surface area contributed by atoms with Crippen molar-refractivity contribution in [3.8, 4) is 0 Å². The first-order valence-electron chi connectivity index (χ1n) is 8.14. The van der Waals surface area contributed by atoms with Gasteiger partial charge in [-0.25, -0.2) is 0 Å². The summed E-state index contributed by atoms with van der Waals surface area (Å²) in [6.45, 7) is 6.78. The zero-order valence-corrected chi connectivity index (χ0v) is 15.6. The van der Waals surface area contributed by atoms with Crippen molar-refractivity contribution >= 4 is 23.6 Å². The Bertz CT molecular complexity index is 688. The highest BCUT2D eigenvalue weighted by Gasteiger charge is 2.13. The fourth-order valence-electron chi connectivity index (χ4n) is 2.09. The van der Waals surface area contributed by atoms with E-state index in [1.54, 1.807) is 18.4 Å². The van der Waals surface area contributed by atoms with Gasteiger partial charge < -0.3 is 15.1 Å². The van der Waals surface area contributed by atoms with Gasteiger partial charge in [-0.15, -0.1) is 11.8 Å². The molecule has 0 unspecified atom stereocenters. The van der Waals surface area contributed by atoms with Crippen LogP contribution < -0.4 is 10.6 Å². The van der Waals surface area contributed by atoms with Crippen molar-refractivity contribution in [1.29, 1.82) is 0 Å². The lowest BCUT2D eigenvalue weighted by Gasteiger charge is -2.19. The number of carbonyl (C=O) groups is 2. The highest BCUT2D eigenvalue weighted by molar-refractivity contribution is 8.00. The molecular weight excluding hydrogens is 336 g/mol. The fraction of sp³-hybridized carbons (Fsp3) is 0.368. The van der Waals surface area contributed by atoms with Gasteiger partial charge in [0.1, 0.15) is 5.76 Å². The molecule has 0 fully saturated rings. The van der Waals surface area contributed by atoms with Crippen LogP contribution in [0.2, 0.25) is 0 Å². The molecule has 1 heterocycles. The van der Waals surface area contributed by atoms with Gasteiger partial charge in [0, 0.05) is 4.90 Å². The number of furan rings is 1. The third-order valence-corrected chi connectivity index (χ3v) is 4.59. The number of rotatable bonds is 7. The molecule has 2 N–H and O–H groups in total. The van der Waals surface area contributed by atoms with Crippen molar-refractivity contribution in [2.75, 3.05) is 12.3 Å². The summed E-state index contributed by atoms with van der Waals surface area (Å²) in [5.74, 6) is 0.539. The lowest BCUT2D eigenvalue weighted by atomic mass is 9.87. The van der Waals surface area contributed by atoms with Crippen LogP contribution in [0.15, 0.2) is 52.0 Å². The maximum absolute atomic E-state index is 11.8. The minimum atomic E-state index is -0.246. The Labute approximate surface area is 152 Å². The van der Waals surface area contributed by atoms with Gasteiger partial charge in [0.2, 0.25) is 11.8 Å². The smallest absolute Gasteiger partial charge is 0.239 e. The summed E-state index contributed by atoms with van der Waals surface area (Å²) in [4.78, 5) is 24.6. The topological polar surface area (TPSA) is 71.3 Å². The molecular formula is C19H24N2O3S. The molecule has 0 bridgehead atoms. The Morgan fingerprint density at radius 2 is 1.76 bits per heavy atom. The third-order valence-electron chi connectivity index (χ3n) is 3.58. The maximum atomic E-state index is 11.8. The largest absolute Gasteiger partial charge is 0.467 e. The number of carbonyl (C=O) groups excluding carboxylic acids is 2. The van der Waals surface area contributed by atoms with E-state index in [-0.39, 0.29) is 29.5 Å². The molecule has 5 nitrogen and oxygen atoms in total. The fourth-order valence-corrected chi connectivity index (χ4v) is 2.82. The molecule has 1 aromatic carbocycles.